The number of aromatic amines is 1. The number of fused-ring (bicyclic) bond motifs is 3. The largest absolute Gasteiger partial charge is 0.332 e. The Hall–Kier alpha value is -3.88. The average Bonchev–Trinajstić information content (AvgIpc) is 3.53. The molecule has 9 heteroatoms. The molecule has 3 heterocycles. The summed E-state index contributed by atoms with van der Waals surface area (Å²) in [6, 6.07) is 11.1. The fourth-order valence-corrected chi connectivity index (χ4v) is 5.33. The van der Waals surface area contributed by atoms with Crippen LogP contribution in [0.2, 0.25) is 0 Å². The number of nitrogens with zero attached hydrogens (tertiary/aromatic N) is 3. The molecule has 2 aromatic carbocycles. The lowest BCUT2D eigenvalue weighted by Gasteiger charge is -2.34. The second-order valence-electron chi connectivity index (χ2n) is 9.63. The van der Waals surface area contributed by atoms with Gasteiger partial charge in [-0.15, -0.1) is 0 Å². The summed E-state index contributed by atoms with van der Waals surface area (Å²) in [4.78, 5) is 53.3. The summed E-state index contributed by atoms with van der Waals surface area (Å²) < 4.78 is 14.7. The first-order valence-corrected chi connectivity index (χ1v) is 11.8. The minimum absolute atomic E-state index is 0.0317. The van der Waals surface area contributed by atoms with E-state index >= 15 is 0 Å². The highest BCUT2D eigenvalue weighted by molar-refractivity contribution is 6.37. The van der Waals surface area contributed by atoms with Gasteiger partial charge >= 0.3 is 0 Å². The number of benzene rings is 2. The molecule has 35 heavy (non-hydrogen) atoms. The first-order chi connectivity index (χ1) is 16.9. The normalized spacial score (nSPS) is 21.1. The lowest BCUT2D eigenvalue weighted by atomic mass is 10.0. The highest BCUT2D eigenvalue weighted by Gasteiger charge is 2.50. The van der Waals surface area contributed by atoms with Crippen LogP contribution in [0.3, 0.4) is 0 Å². The molecule has 3 fully saturated rings. The maximum absolute atomic E-state index is 14.7. The third-order valence-corrected chi connectivity index (χ3v) is 7.33. The van der Waals surface area contributed by atoms with Gasteiger partial charge in [0, 0.05) is 30.8 Å². The lowest BCUT2D eigenvalue weighted by Crippen LogP contribution is -2.52. The molecule has 178 valence electrons. The van der Waals surface area contributed by atoms with Gasteiger partial charge in [-0.05, 0) is 43.0 Å². The van der Waals surface area contributed by atoms with Crippen LogP contribution in [0.15, 0.2) is 47.3 Å². The van der Waals surface area contributed by atoms with Gasteiger partial charge in [-0.3, -0.25) is 19.2 Å². The molecule has 1 aromatic heterocycles. The molecule has 2 atom stereocenters. The number of likely N-dealkylation sites (tertiary alicyclic amines) is 2. The van der Waals surface area contributed by atoms with Crippen molar-refractivity contribution in [3.05, 3.63) is 75.5 Å². The van der Waals surface area contributed by atoms with Crippen molar-refractivity contribution in [2.75, 3.05) is 13.1 Å². The Kier molecular flexibility index (Phi) is 5.01. The van der Waals surface area contributed by atoms with E-state index in [2.05, 4.69) is 10.2 Å². The van der Waals surface area contributed by atoms with E-state index in [0.717, 1.165) is 12.8 Å². The SMILES string of the molecule is O=C(C(=O)N1C[C@@H]2C[C@H]1CN2C(=O)c1cc(Cc2n[nH]c(=O)c3ccccc23)ccc1F)C1CC1. The molecular weight excluding hydrogens is 451 g/mol. The van der Waals surface area contributed by atoms with E-state index in [9.17, 15) is 23.6 Å². The maximum atomic E-state index is 14.7. The first-order valence-electron chi connectivity index (χ1n) is 11.8. The number of H-pyrrole nitrogens is 1. The predicted molar refractivity (Wildman–Crippen MR) is 124 cm³/mol. The zero-order valence-electron chi connectivity index (χ0n) is 18.9. The van der Waals surface area contributed by atoms with Crippen LogP contribution in [0.5, 0.6) is 0 Å². The maximum Gasteiger partial charge on any atom is 0.290 e. The minimum Gasteiger partial charge on any atom is -0.332 e. The number of halogens is 1. The van der Waals surface area contributed by atoms with Gasteiger partial charge in [-0.1, -0.05) is 24.3 Å². The van der Waals surface area contributed by atoms with Crippen molar-refractivity contribution in [1.29, 1.82) is 0 Å². The van der Waals surface area contributed by atoms with Crippen LogP contribution in [0.25, 0.3) is 10.8 Å². The number of amides is 2. The van der Waals surface area contributed by atoms with Crippen molar-refractivity contribution in [2.24, 2.45) is 5.92 Å². The van der Waals surface area contributed by atoms with Crippen molar-refractivity contribution in [2.45, 2.75) is 37.8 Å². The van der Waals surface area contributed by atoms with Crippen LogP contribution >= 0.6 is 0 Å². The van der Waals surface area contributed by atoms with Gasteiger partial charge < -0.3 is 9.80 Å². The average molecular weight is 474 g/mol. The van der Waals surface area contributed by atoms with Gasteiger partial charge in [-0.25, -0.2) is 9.49 Å². The van der Waals surface area contributed by atoms with Gasteiger partial charge in [0.15, 0.2) is 0 Å². The van der Waals surface area contributed by atoms with Gasteiger partial charge in [0.1, 0.15) is 5.82 Å². The Labute approximate surface area is 199 Å². The Bertz CT molecular complexity index is 1450. The van der Waals surface area contributed by atoms with E-state index in [1.54, 1.807) is 28.0 Å². The highest BCUT2D eigenvalue weighted by atomic mass is 19.1. The molecule has 3 aromatic rings. The van der Waals surface area contributed by atoms with Gasteiger partial charge in [0.25, 0.3) is 17.4 Å². The Morgan fingerprint density at radius 3 is 2.43 bits per heavy atom. The molecule has 1 aliphatic carbocycles. The van der Waals surface area contributed by atoms with Crippen molar-refractivity contribution in [3.8, 4) is 0 Å². The molecule has 6 rings (SSSR count). The van der Waals surface area contributed by atoms with Crippen LogP contribution in [0, 0.1) is 11.7 Å². The number of rotatable bonds is 5. The first kappa shape index (κ1) is 21.6. The molecule has 3 aliphatic rings. The van der Waals surface area contributed by atoms with Gasteiger partial charge in [0.2, 0.25) is 5.78 Å². The van der Waals surface area contributed by atoms with Crippen LogP contribution in [0.4, 0.5) is 4.39 Å². The quantitative estimate of drug-likeness (QED) is 0.570. The van der Waals surface area contributed by atoms with Crippen LogP contribution in [0.1, 0.15) is 40.9 Å². The van der Waals surface area contributed by atoms with E-state index in [1.165, 1.54) is 12.1 Å². The molecule has 2 amide bonds. The van der Waals surface area contributed by atoms with E-state index in [-0.39, 0.29) is 34.9 Å². The number of Topliss-reactive ketones (excluding diaryl/α,β-unsaturated/α-hetero) is 1. The van der Waals surface area contributed by atoms with E-state index in [0.29, 0.717) is 48.0 Å². The molecule has 0 unspecified atom stereocenters. The van der Waals surface area contributed by atoms with Crippen LogP contribution < -0.4 is 5.56 Å². The number of aromatic nitrogens is 2. The number of carbonyl (C=O) groups is 3. The summed E-state index contributed by atoms with van der Waals surface area (Å²) in [5.74, 6) is -1.93. The summed E-state index contributed by atoms with van der Waals surface area (Å²) in [5, 5.41) is 7.89. The van der Waals surface area contributed by atoms with Crippen molar-refractivity contribution in [1.82, 2.24) is 20.0 Å². The molecule has 1 N–H and O–H groups in total. The predicted octanol–water partition coefficient (Wildman–Crippen LogP) is 2.06. The topological polar surface area (TPSA) is 103 Å². The fourth-order valence-electron chi connectivity index (χ4n) is 5.33. The fraction of sp³-hybridized carbons (Fsp3) is 0.346. The van der Waals surface area contributed by atoms with E-state index in [1.807, 2.05) is 12.1 Å². The van der Waals surface area contributed by atoms with Crippen molar-refractivity contribution >= 4 is 28.4 Å². The third-order valence-electron chi connectivity index (χ3n) is 7.33. The summed E-state index contributed by atoms with van der Waals surface area (Å²) in [6.45, 7) is 0.602. The summed E-state index contributed by atoms with van der Waals surface area (Å²) in [5.41, 5.74) is 1.00. The standard InChI is InChI=1S/C26H23FN4O4/c27-21-8-5-14(10-22-18-3-1-2-4-19(18)24(33)29-28-22)9-20(21)25(34)30-12-17-11-16(30)13-31(17)26(35)23(32)15-6-7-15/h1-5,8-9,15-17H,6-7,10-13H2,(H,29,33)/t16-,17-/m0/s1. The molecule has 2 aliphatic heterocycles. The summed E-state index contributed by atoms with van der Waals surface area (Å²) in [7, 11) is 0. The van der Waals surface area contributed by atoms with E-state index in [4.69, 9.17) is 0 Å². The van der Waals surface area contributed by atoms with Crippen LogP contribution in [-0.4, -0.2) is 62.8 Å². The zero-order chi connectivity index (χ0) is 24.3. The zero-order valence-corrected chi connectivity index (χ0v) is 18.9. The molecule has 2 saturated heterocycles. The minimum atomic E-state index is -0.613. The molecule has 2 bridgehead atoms. The number of carbonyl (C=O) groups excluding carboxylic acids is 3. The molecule has 8 nitrogen and oxygen atoms in total. The van der Waals surface area contributed by atoms with E-state index < -0.39 is 17.6 Å². The number of hydrogen-bond donors (Lipinski definition) is 1. The Morgan fingerprint density at radius 2 is 1.71 bits per heavy atom. The lowest BCUT2D eigenvalue weighted by molar-refractivity contribution is -0.146. The Balaban J connectivity index is 1.21. The molecule has 0 radical (unpaired) electrons. The summed E-state index contributed by atoms with van der Waals surface area (Å²) >= 11 is 0. The molecule has 0 spiro atoms. The van der Waals surface area contributed by atoms with Gasteiger partial charge in [0.05, 0.1) is 28.7 Å². The Morgan fingerprint density at radius 1 is 1.00 bits per heavy atom. The second-order valence-corrected chi connectivity index (χ2v) is 9.63. The van der Waals surface area contributed by atoms with Crippen molar-refractivity contribution in [3.63, 3.8) is 0 Å². The second kappa shape index (κ2) is 8.11. The summed E-state index contributed by atoms with van der Waals surface area (Å²) in [6.07, 6.45) is 2.47. The smallest absolute Gasteiger partial charge is 0.290 e. The number of nitrogens with one attached hydrogen (secondary N) is 1. The molecular formula is C26H23FN4O4. The van der Waals surface area contributed by atoms with Crippen LogP contribution in [-0.2, 0) is 16.0 Å². The number of hydrogen-bond acceptors (Lipinski definition) is 5. The number of piperazine rings is 1. The van der Waals surface area contributed by atoms with Crippen molar-refractivity contribution < 1.29 is 18.8 Å². The highest BCUT2D eigenvalue weighted by Crippen LogP contribution is 2.35. The number of ketones is 1. The monoisotopic (exact) mass is 474 g/mol. The molecule has 1 saturated carbocycles. The third kappa shape index (κ3) is 3.71. The van der Waals surface area contributed by atoms with Gasteiger partial charge in [-0.2, -0.15) is 5.10 Å².